The number of amides is 1. The van der Waals surface area contributed by atoms with Crippen LogP contribution in [0, 0.1) is 6.92 Å². The average molecular weight is 474 g/mol. The van der Waals surface area contributed by atoms with Crippen LogP contribution in [0.4, 0.5) is 0 Å². The summed E-state index contributed by atoms with van der Waals surface area (Å²) in [7, 11) is 1.62. The first-order valence-electron chi connectivity index (χ1n) is 10.2. The highest BCUT2D eigenvalue weighted by Gasteiger charge is 2.10. The van der Waals surface area contributed by atoms with Crippen molar-refractivity contribution in [3.8, 4) is 11.5 Å². The van der Waals surface area contributed by atoms with E-state index in [0.29, 0.717) is 42.0 Å². The minimum atomic E-state index is -0.177. The van der Waals surface area contributed by atoms with Crippen LogP contribution in [-0.4, -0.2) is 29.3 Å². The molecule has 0 radical (unpaired) electrons. The molecule has 1 amide bonds. The maximum Gasteiger partial charge on any atom is 0.244 e. The molecule has 168 valence electrons. The van der Waals surface area contributed by atoms with Crippen LogP contribution >= 0.6 is 23.2 Å². The Balaban J connectivity index is 1.51. The van der Waals surface area contributed by atoms with Gasteiger partial charge in [-0.05, 0) is 49.2 Å². The molecule has 0 saturated carbocycles. The van der Waals surface area contributed by atoms with Crippen LogP contribution in [0.2, 0.25) is 10.2 Å². The number of hydrogen-bond acceptors (Lipinski definition) is 4. The third-order valence-corrected chi connectivity index (χ3v) is 5.64. The van der Waals surface area contributed by atoms with Crippen molar-refractivity contribution in [2.45, 2.75) is 26.5 Å². The fourth-order valence-corrected chi connectivity index (χ4v) is 3.44. The number of rotatable bonds is 10. The van der Waals surface area contributed by atoms with Gasteiger partial charge >= 0.3 is 0 Å². The molecule has 0 aliphatic carbocycles. The Morgan fingerprint density at radius 3 is 2.66 bits per heavy atom. The van der Waals surface area contributed by atoms with Crippen molar-refractivity contribution >= 4 is 35.2 Å². The van der Waals surface area contributed by atoms with E-state index < -0.39 is 0 Å². The number of hydrogen-bond donors (Lipinski definition) is 1. The molecule has 8 heteroatoms. The number of halogens is 2. The van der Waals surface area contributed by atoms with Crippen LogP contribution < -0.4 is 14.8 Å². The Hall–Kier alpha value is -2.96. The summed E-state index contributed by atoms with van der Waals surface area (Å²) < 4.78 is 12.9. The average Bonchev–Trinajstić information content (AvgIpc) is 3.06. The maximum absolute atomic E-state index is 12.2. The van der Waals surface area contributed by atoms with Crippen molar-refractivity contribution in [2.75, 3.05) is 13.7 Å². The second kappa shape index (κ2) is 11.6. The molecular weight excluding hydrogens is 449 g/mol. The minimum absolute atomic E-state index is 0.177. The van der Waals surface area contributed by atoms with Gasteiger partial charge in [-0.15, -0.1) is 0 Å². The summed E-state index contributed by atoms with van der Waals surface area (Å²) in [4.78, 5) is 12.2. The zero-order valence-electron chi connectivity index (χ0n) is 18.0. The molecule has 0 unspecified atom stereocenters. The second-order valence-corrected chi connectivity index (χ2v) is 7.80. The van der Waals surface area contributed by atoms with E-state index in [0.717, 1.165) is 22.6 Å². The number of nitrogens with zero attached hydrogens (tertiary/aromatic N) is 2. The third-order valence-electron chi connectivity index (χ3n) is 4.71. The summed E-state index contributed by atoms with van der Waals surface area (Å²) in [6.07, 6.45) is 3.94. The molecule has 32 heavy (non-hydrogen) atoms. The summed E-state index contributed by atoms with van der Waals surface area (Å²) >= 11 is 12.1. The normalized spacial score (nSPS) is 11.0. The number of methoxy groups -OCH3 is 1. The first kappa shape index (κ1) is 23.7. The summed E-state index contributed by atoms with van der Waals surface area (Å²) in [5, 5.41) is 8.00. The SMILES string of the molecule is COc1ccc(/C=C/C(=O)NCCCn2nc(C)c(Cl)c2Cl)cc1COc1ccccc1. The largest absolute Gasteiger partial charge is 0.496 e. The lowest BCUT2D eigenvalue weighted by atomic mass is 10.1. The van der Waals surface area contributed by atoms with E-state index in [1.807, 2.05) is 48.5 Å². The number of carbonyl (C=O) groups is 1. The molecule has 0 saturated heterocycles. The Labute approximate surface area is 197 Å². The highest BCUT2D eigenvalue weighted by atomic mass is 35.5. The van der Waals surface area contributed by atoms with Crippen LogP contribution in [0.5, 0.6) is 11.5 Å². The third kappa shape index (κ3) is 6.52. The topological polar surface area (TPSA) is 65.4 Å². The van der Waals surface area contributed by atoms with Crippen molar-refractivity contribution in [1.29, 1.82) is 0 Å². The van der Waals surface area contributed by atoms with Gasteiger partial charge in [-0.2, -0.15) is 5.10 Å². The van der Waals surface area contributed by atoms with Crippen molar-refractivity contribution in [3.05, 3.63) is 81.6 Å². The first-order chi connectivity index (χ1) is 15.5. The standard InChI is InChI=1S/C24H25Cl2N3O3/c1-17-23(25)24(26)29(28-17)14-6-13-27-22(30)12-10-18-9-11-21(31-2)19(15-18)16-32-20-7-4-3-5-8-20/h3-5,7-12,15H,6,13-14,16H2,1-2H3,(H,27,30)/b12-10+. The zero-order chi connectivity index (χ0) is 22.9. The van der Waals surface area contributed by atoms with Crippen LogP contribution in [0.3, 0.4) is 0 Å². The lowest BCUT2D eigenvalue weighted by molar-refractivity contribution is -0.116. The first-order valence-corrected chi connectivity index (χ1v) is 10.9. The fraction of sp³-hybridized carbons (Fsp3) is 0.250. The molecule has 0 aliphatic rings. The van der Waals surface area contributed by atoms with Crippen molar-refractivity contribution in [1.82, 2.24) is 15.1 Å². The van der Waals surface area contributed by atoms with Gasteiger partial charge in [0.1, 0.15) is 28.3 Å². The summed E-state index contributed by atoms with van der Waals surface area (Å²) in [5.41, 5.74) is 2.46. The van der Waals surface area contributed by atoms with E-state index in [9.17, 15) is 4.79 Å². The number of para-hydroxylation sites is 1. The van der Waals surface area contributed by atoms with E-state index >= 15 is 0 Å². The quantitative estimate of drug-likeness (QED) is 0.320. The number of ether oxygens (including phenoxy) is 2. The summed E-state index contributed by atoms with van der Waals surface area (Å²) in [5.74, 6) is 1.34. The van der Waals surface area contributed by atoms with Gasteiger partial charge in [0.05, 0.1) is 12.8 Å². The van der Waals surface area contributed by atoms with Crippen LogP contribution in [0.25, 0.3) is 6.08 Å². The molecule has 3 aromatic rings. The highest BCUT2D eigenvalue weighted by Crippen LogP contribution is 2.25. The van der Waals surface area contributed by atoms with Gasteiger partial charge < -0.3 is 14.8 Å². The highest BCUT2D eigenvalue weighted by molar-refractivity contribution is 6.41. The monoisotopic (exact) mass is 473 g/mol. The van der Waals surface area contributed by atoms with Crippen molar-refractivity contribution < 1.29 is 14.3 Å². The van der Waals surface area contributed by atoms with Crippen LogP contribution in [0.15, 0.2) is 54.6 Å². The van der Waals surface area contributed by atoms with Gasteiger partial charge in [-0.3, -0.25) is 9.48 Å². The van der Waals surface area contributed by atoms with E-state index in [1.54, 1.807) is 24.8 Å². The number of carbonyl (C=O) groups excluding carboxylic acids is 1. The number of benzene rings is 2. The molecule has 6 nitrogen and oxygen atoms in total. The molecule has 0 atom stereocenters. The molecule has 1 N–H and O–H groups in total. The predicted molar refractivity (Wildman–Crippen MR) is 127 cm³/mol. The van der Waals surface area contributed by atoms with Crippen molar-refractivity contribution in [3.63, 3.8) is 0 Å². The van der Waals surface area contributed by atoms with Gasteiger partial charge in [0.15, 0.2) is 0 Å². The number of aromatic nitrogens is 2. The number of aryl methyl sites for hydroxylation is 2. The van der Waals surface area contributed by atoms with Crippen LogP contribution in [-0.2, 0) is 17.9 Å². The predicted octanol–water partition coefficient (Wildman–Crippen LogP) is 5.31. The Morgan fingerprint density at radius 1 is 1.19 bits per heavy atom. The lowest BCUT2D eigenvalue weighted by Crippen LogP contribution is -2.23. The van der Waals surface area contributed by atoms with Gasteiger partial charge in [0.2, 0.25) is 5.91 Å². The molecule has 2 aromatic carbocycles. The molecular formula is C24H25Cl2N3O3. The number of nitrogens with one attached hydrogen (secondary N) is 1. The van der Waals surface area contributed by atoms with Gasteiger partial charge in [-0.25, -0.2) is 0 Å². The molecule has 0 fully saturated rings. The van der Waals surface area contributed by atoms with Gasteiger partial charge in [0, 0.05) is 24.7 Å². The summed E-state index contributed by atoms with van der Waals surface area (Å²) in [6, 6.07) is 15.3. The van der Waals surface area contributed by atoms with E-state index in [4.69, 9.17) is 32.7 Å². The Morgan fingerprint density at radius 2 is 1.97 bits per heavy atom. The summed E-state index contributed by atoms with van der Waals surface area (Å²) in [6.45, 7) is 3.23. The van der Waals surface area contributed by atoms with E-state index in [-0.39, 0.29) is 5.91 Å². The minimum Gasteiger partial charge on any atom is -0.496 e. The maximum atomic E-state index is 12.2. The van der Waals surface area contributed by atoms with Gasteiger partial charge in [-0.1, -0.05) is 47.5 Å². The Bertz CT molecular complexity index is 1080. The molecule has 1 aromatic heterocycles. The van der Waals surface area contributed by atoms with Crippen LogP contribution in [0.1, 0.15) is 23.2 Å². The zero-order valence-corrected chi connectivity index (χ0v) is 19.5. The second-order valence-electron chi connectivity index (χ2n) is 7.06. The molecule has 0 spiro atoms. The van der Waals surface area contributed by atoms with Gasteiger partial charge in [0.25, 0.3) is 0 Å². The fourth-order valence-electron chi connectivity index (χ4n) is 3.04. The van der Waals surface area contributed by atoms with E-state index in [1.165, 1.54) is 6.08 Å². The van der Waals surface area contributed by atoms with Crippen molar-refractivity contribution in [2.24, 2.45) is 0 Å². The smallest absolute Gasteiger partial charge is 0.244 e. The van der Waals surface area contributed by atoms with E-state index in [2.05, 4.69) is 10.4 Å². The molecule has 1 heterocycles. The lowest BCUT2D eigenvalue weighted by Gasteiger charge is -2.11. The Kier molecular flexibility index (Phi) is 8.59. The molecule has 0 bridgehead atoms. The molecule has 0 aliphatic heterocycles. The molecule has 3 rings (SSSR count).